The second-order valence-electron chi connectivity index (χ2n) is 4.98. The van der Waals surface area contributed by atoms with Crippen LogP contribution in [-0.4, -0.2) is 18.2 Å². The Morgan fingerprint density at radius 2 is 2.32 bits per heavy atom. The Hall–Kier alpha value is -1.81. The molecule has 0 aromatic carbocycles. The maximum absolute atomic E-state index is 12.0. The predicted molar refractivity (Wildman–Crippen MR) is 88.4 cm³/mol. The molecule has 122 valence electrons. The van der Waals surface area contributed by atoms with E-state index >= 15 is 0 Å². The highest BCUT2D eigenvalue weighted by atomic mass is 16.5. The highest BCUT2D eigenvalue weighted by molar-refractivity contribution is 5.30. The van der Waals surface area contributed by atoms with Crippen LogP contribution < -0.4 is 10.4 Å². The van der Waals surface area contributed by atoms with Gasteiger partial charge in [0, 0.05) is 15.2 Å². The van der Waals surface area contributed by atoms with Gasteiger partial charge in [0.25, 0.3) is 0 Å². The van der Waals surface area contributed by atoms with E-state index < -0.39 is 31.2 Å². The summed E-state index contributed by atoms with van der Waals surface area (Å²) in [5, 5.41) is 10.1. The molecule has 0 saturated carbocycles. The zero-order chi connectivity index (χ0) is 20.4. The molecule has 1 rings (SSSR count). The van der Waals surface area contributed by atoms with Gasteiger partial charge in [0.1, 0.15) is 11.5 Å². The van der Waals surface area contributed by atoms with E-state index in [1.807, 2.05) is 31.2 Å². The molecule has 0 aliphatic carbocycles. The van der Waals surface area contributed by atoms with Crippen molar-refractivity contribution >= 4 is 0 Å². The summed E-state index contributed by atoms with van der Waals surface area (Å²) in [7, 11) is -2.83. The molecule has 1 N–H and O–H groups in total. The molecule has 1 heterocycles. The topological polar surface area (TPSA) is 59.7 Å². The lowest BCUT2D eigenvalue weighted by Gasteiger charge is -2.10. The van der Waals surface area contributed by atoms with Crippen molar-refractivity contribution in [3.8, 4) is 5.75 Å². The highest BCUT2D eigenvalue weighted by Crippen LogP contribution is 2.17. The van der Waals surface area contributed by atoms with Gasteiger partial charge in [-0.15, -0.1) is 0 Å². The smallest absolute Gasteiger partial charge is 0.342 e. The molecule has 4 nitrogen and oxygen atoms in total. The number of hydrogen-bond donors (Lipinski definition) is 1. The van der Waals surface area contributed by atoms with E-state index in [0.717, 1.165) is 19.3 Å². The number of aliphatic hydroxyl groups is 1. The van der Waals surface area contributed by atoms with E-state index in [1.165, 1.54) is 6.07 Å². The molecule has 0 bridgehead atoms. The molecule has 1 atom stereocenters. The van der Waals surface area contributed by atoms with Crippen LogP contribution in [0, 0.1) is 6.88 Å². The van der Waals surface area contributed by atoms with Crippen molar-refractivity contribution in [2.24, 2.45) is 0 Å². The first-order chi connectivity index (χ1) is 12.6. The van der Waals surface area contributed by atoms with E-state index in [4.69, 9.17) is 16.0 Å². The quantitative estimate of drug-likeness (QED) is 0.559. The molecule has 0 aliphatic heterocycles. The predicted octanol–water partition coefficient (Wildman–Crippen LogP) is 3.55. The van der Waals surface area contributed by atoms with Gasteiger partial charge in [-0.3, -0.25) is 0 Å². The Labute approximate surface area is 139 Å². The molecule has 1 unspecified atom stereocenters. The summed E-state index contributed by atoms with van der Waals surface area (Å²) in [5.41, 5.74) is -1.47. The second-order valence-corrected chi connectivity index (χ2v) is 4.98. The Kier molecular flexibility index (Phi) is 5.33. The summed E-state index contributed by atoms with van der Waals surface area (Å²) >= 11 is 0. The van der Waals surface area contributed by atoms with Crippen molar-refractivity contribution in [2.45, 2.75) is 52.0 Å². The fraction of sp³-hybridized carbons (Fsp3) is 0.500. The summed E-state index contributed by atoms with van der Waals surface area (Å²) in [6.45, 7) is 0.196. The van der Waals surface area contributed by atoms with Gasteiger partial charge in [-0.05, 0) is 33.1 Å². The van der Waals surface area contributed by atoms with Crippen molar-refractivity contribution in [3.05, 3.63) is 52.1 Å². The van der Waals surface area contributed by atoms with Crippen LogP contribution in [0.25, 0.3) is 0 Å². The van der Waals surface area contributed by atoms with Crippen molar-refractivity contribution in [2.75, 3.05) is 7.04 Å². The van der Waals surface area contributed by atoms with Gasteiger partial charge in [-0.1, -0.05) is 30.7 Å². The number of ether oxygens (including phenoxy) is 1. The molecular weight excluding hydrogens is 280 g/mol. The Morgan fingerprint density at radius 1 is 1.45 bits per heavy atom. The monoisotopic (exact) mass is 311 g/mol. The van der Waals surface area contributed by atoms with Crippen LogP contribution in [0.1, 0.15) is 50.8 Å². The molecule has 4 heteroatoms. The van der Waals surface area contributed by atoms with E-state index in [2.05, 4.69) is 0 Å². The van der Waals surface area contributed by atoms with Crippen LogP contribution in [0.4, 0.5) is 0 Å². The van der Waals surface area contributed by atoms with Gasteiger partial charge in [0.15, 0.2) is 0 Å². The van der Waals surface area contributed by atoms with Crippen LogP contribution in [0.2, 0.25) is 0 Å². The minimum absolute atomic E-state index is 0.0158. The minimum atomic E-state index is -2.83. The number of methoxy groups -OCH3 is 1. The fourth-order valence-corrected chi connectivity index (χ4v) is 1.98. The Balaban J connectivity index is 2.72. The summed E-state index contributed by atoms with van der Waals surface area (Å²) in [6, 6.07) is 1.17. The van der Waals surface area contributed by atoms with E-state index in [-0.39, 0.29) is 17.9 Å². The first-order valence-electron chi connectivity index (χ1n) is 9.96. The van der Waals surface area contributed by atoms with Crippen LogP contribution in [-0.2, 0) is 6.42 Å². The van der Waals surface area contributed by atoms with Gasteiger partial charge in [0.2, 0.25) is 0 Å². The number of allylic oxidation sites excluding steroid dienone is 4. The minimum Gasteiger partial charge on any atom is -0.496 e. The van der Waals surface area contributed by atoms with Crippen LogP contribution in [0.15, 0.2) is 39.6 Å². The molecule has 0 spiro atoms. The van der Waals surface area contributed by atoms with Crippen LogP contribution in [0.3, 0.4) is 0 Å². The van der Waals surface area contributed by atoms with Gasteiger partial charge in [-0.2, -0.15) is 0 Å². The zero-order valence-electron chi connectivity index (χ0n) is 17.7. The van der Waals surface area contributed by atoms with Gasteiger partial charge < -0.3 is 14.3 Å². The van der Waals surface area contributed by atoms with Crippen molar-refractivity contribution in [3.63, 3.8) is 0 Å². The molecule has 0 fully saturated rings. The summed E-state index contributed by atoms with van der Waals surface area (Å²) < 4.78 is 46.0. The van der Waals surface area contributed by atoms with Crippen LogP contribution in [0.5, 0.6) is 5.75 Å². The van der Waals surface area contributed by atoms with Gasteiger partial charge in [0.05, 0.1) is 22.8 Å². The molecule has 22 heavy (non-hydrogen) atoms. The normalized spacial score (nSPS) is 17.1. The third kappa shape index (κ3) is 6.31. The first-order valence-corrected chi connectivity index (χ1v) is 7.30. The number of hydrogen-bond acceptors (Lipinski definition) is 4. The third-order valence-electron chi connectivity index (χ3n) is 3.15. The molecule has 1 aromatic heterocycles. The van der Waals surface area contributed by atoms with Gasteiger partial charge in [-0.25, -0.2) is 4.79 Å². The fourth-order valence-electron chi connectivity index (χ4n) is 1.98. The standard InChI is InChI=1S/C18H26O4/c1-4-5-6-7-8-9-10-11-15(19)12-16-13-17(21-3)14(2)18(20)22-16/h4-7,13,15,19H,8-12H2,1-3H3/b5-4+,7-6+/i2D2,3D3. The largest absolute Gasteiger partial charge is 0.496 e. The number of unbranched alkanes of at least 4 members (excludes halogenated alkanes) is 2. The molecule has 0 saturated heterocycles. The average Bonchev–Trinajstić information content (AvgIpc) is 2.51. The molecule has 1 aromatic rings. The number of aliphatic hydroxyl groups excluding tert-OH is 1. The summed E-state index contributed by atoms with van der Waals surface area (Å²) in [4.78, 5) is 12.0. The van der Waals surface area contributed by atoms with E-state index in [9.17, 15) is 9.90 Å². The maximum atomic E-state index is 12.0. The lowest BCUT2D eigenvalue weighted by molar-refractivity contribution is 0.152. The lowest BCUT2D eigenvalue weighted by Crippen LogP contribution is -2.14. The van der Waals surface area contributed by atoms with Crippen molar-refractivity contribution in [1.29, 1.82) is 0 Å². The van der Waals surface area contributed by atoms with Gasteiger partial charge >= 0.3 is 5.63 Å². The van der Waals surface area contributed by atoms with Crippen LogP contribution >= 0.6 is 0 Å². The first kappa shape index (κ1) is 11.7. The number of rotatable bonds is 9. The summed E-state index contributed by atoms with van der Waals surface area (Å²) in [5.74, 6) is -0.318. The Morgan fingerprint density at radius 3 is 3.05 bits per heavy atom. The van der Waals surface area contributed by atoms with Crippen molar-refractivity contribution < 1.29 is 21.1 Å². The maximum Gasteiger partial charge on any atom is 0.342 e. The zero-order valence-corrected chi connectivity index (χ0v) is 12.7. The lowest BCUT2D eigenvalue weighted by atomic mass is 10.1. The third-order valence-corrected chi connectivity index (χ3v) is 3.15. The second kappa shape index (κ2) is 10.0. The van der Waals surface area contributed by atoms with E-state index in [1.54, 1.807) is 0 Å². The molecular formula is C18H26O4. The highest BCUT2D eigenvalue weighted by Gasteiger charge is 2.12. The van der Waals surface area contributed by atoms with Crippen molar-refractivity contribution in [1.82, 2.24) is 0 Å². The SMILES string of the molecule is [2H]C([2H])c1c(OC([2H])([2H])[2H])cc(CC(O)CCCC/C=C/C=C/C)oc1=O. The van der Waals surface area contributed by atoms with E-state index in [0.29, 0.717) is 6.42 Å². The average molecular weight is 311 g/mol. The Bertz CT molecular complexity index is 692. The molecule has 0 amide bonds. The molecule has 0 aliphatic rings. The molecule has 0 radical (unpaired) electrons. The summed E-state index contributed by atoms with van der Waals surface area (Å²) in [6.07, 6.45) is 10.2.